The van der Waals surface area contributed by atoms with Crippen LogP contribution in [0, 0.1) is 0 Å². The van der Waals surface area contributed by atoms with Crippen LogP contribution in [0.25, 0.3) is 0 Å². The van der Waals surface area contributed by atoms with Crippen molar-refractivity contribution in [3.8, 4) is 0 Å². The summed E-state index contributed by atoms with van der Waals surface area (Å²) in [6, 6.07) is 30.2. The molecule has 7 heterocycles. The molecular weight excluding hydrogens is 853 g/mol. The second-order valence-corrected chi connectivity index (χ2v) is 20.3. The predicted octanol–water partition coefficient (Wildman–Crippen LogP) is 7.06. The molecule has 0 aromatic heterocycles. The van der Waals surface area contributed by atoms with Crippen molar-refractivity contribution < 1.29 is 71.1 Å². The second kappa shape index (κ2) is 18.4. The van der Waals surface area contributed by atoms with E-state index in [0.29, 0.717) is 19.8 Å². The molecule has 0 radical (unpaired) electrons. The van der Waals surface area contributed by atoms with Crippen molar-refractivity contribution in [1.29, 1.82) is 0 Å². The Balaban J connectivity index is 1.01. The molecule has 7 aliphatic heterocycles. The van der Waals surface area contributed by atoms with Gasteiger partial charge >= 0.3 is 0 Å². The zero-order chi connectivity index (χ0) is 45.9. The summed E-state index contributed by atoms with van der Waals surface area (Å²) in [5, 5.41) is 0. The van der Waals surface area contributed by atoms with Gasteiger partial charge in [0.25, 0.3) is 0 Å². The van der Waals surface area contributed by atoms with Crippen molar-refractivity contribution in [2.75, 3.05) is 13.2 Å². The molecule has 14 atom stereocenters. The number of rotatable bonds is 15. The molecule has 3 aromatic carbocycles. The average molecular weight is 919 g/mol. The summed E-state index contributed by atoms with van der Waals surface area (Å²) in [5.74, 6) is -5.06. The van der Waals surface area contributed by atoms with Crippen LogP contribution in [0.4, 0.5) is 0 Å². The Morgan fingerprint density at radius 2 is 0.879 bits per heavy atom. The van der Waals surface area contributed by atoms with E-state index in [4.69, 9.17) is 71.1 Å². The molecule has 0 amide bonds. The van der Waals surface area contributed by atoms with Crippen molar-refractivity contribution in [2.24, 2.45) is 0 Å². The van der Waals surface area contributed by atoms with Gasteiger partial charge in [-0.2, -0.15) is 0 Å². The molecule has 10 rings (SSSR count). The lowest BCUT2D eigenvalue weighted by atomic mass is 9.87. The fourth-order valence-corrected chi connectivity index (χ4v) is 10.5. The summed E-state index contributed by atoms with van der Waals surface area (Å²) in [7, 11) is 0. The number of hydrogen-bond donors (Lipinski definition) is 0. The van der Waals surface area contributed by atoms with Crippen LogP contribution in [0.1, 0.15) is 84.9 Å². The van der Waals surface area contributed by atoms with Crippen molar-refractivity contribution >= 4 is 0 Å². The first-order valence-electron chi connectivity index (χ1n) is 23.5. The van der Waals surface area contributed by atoms with E-state index in [1.807, 2.05) is 146 Å². The number of fused-ring (bicyclic) bond motifs is 6. The maximum atomic E-state index is 7.43. The molecule has 0 aliphatic carbocycles. The smallest absolute Gasteiger partial charge is 0.190 e. The lowest BCUT2D eigenvalue weighted by Gasteiger charge is -2.50. The Morgan fingerprint density at radius 1 is 0.439 bits per heavy atom. The van der Waals surface area contributed by atoms with Gasteiger partial charge in [-0.25, -0.2) is 0 Å². The fraction of sp³-hybridized carbons (Fsp3) is 0.647. The Bertz CT molecular complexity index is 2070. The van der Waals surface area contributed by atoms with Crippen LogP contribution in [-0.4, -0.2) is 122 Å². The van der Waals surface area contributed by atoms with Crippen molar-refractivity contribution in [3.05, 3.63) is 108 Å². The maximum Gasteiger partial charge on any atom is 0.190 e. The molecule has 15 heteroatoms. The summed E-state index contributed by atoms with van der Waals surface area (Å²) < 4.78 is 100. The second-order valence-electron chi connectivity index (χ2n) is 20.3. The molecule has 66 heavy (non-hydrogen) atoms. The van der Waals surface area contributed by atoms with Gasteiger partial charge < -0.3 is 71.1 Å². The van der Waals surface area contributed by atoms with Gasteiger partial charge in [-0.1, -0.05) is 91.0 Å². The first kappa shape index (κ1) is 46.8. The van der Waals surface area contributed by atoms with E-state index in [0.717, 1.165) is 16.7 Å². The quantitative estimate of drug-likeness (QED) is 0.154. The van der Waals surface area contributed by atoms with E-state index in [-0.39, 0.29) is 26.1 Å². The highest BCUT2D eigenvalue weighted by Crippen LogP contribution is 2.49. The van der Waals surface area contributed by atoms with Crippen molar-refractivity contribution in [3.63, 3.8) is 0 Å². The minimum absolute atomic E-state index is 0.0223. The van der Waals surface area contributed by atoms with Gasteiger partial charge in [0, 0.05) is 12.8 Å². The van der Waals surface area contributed by atoms with E-state index in [1.54, 1.807) is 0 Å². The van der Waals surface area contributed by atoms with E-state index in [1.165, 1.54) is 0 Å². The lowest BCUT2D eigenvalue weighted by molar-refractivity contribution is -0.361. The minimum Gasteiger partial charge on any atom is -0.374 e. The molecule has 7 fully saturated rings. The molecule has 0 spiro atoms. The summed E-state index contributed by atoms with van der Waals surface area (Å²) in [6.07, 6.45) is -7.34. The number of hydrogen-bond acceptors (Lipinski definition) is 15. The van der Waals surface area contributed by atoms with E-state index in [2.05, 4.69) is 0 Å². The van der Waals surface area contributed by atoms with E-state index in [9.17, 15) is 0 Å². The van der Waals surface area contributed by atoms with Crippen LogP contribution < -0.4 is 0 Å². The van der Waals surface area contributed by atoms with Crippen molar-refractivity contribution in [2.45, 2.75) is 197 Å². The largest absolute Gasteiger partial charge is 0.374 e. The van der Waals surface area contributed by atoms with Crippen LogP contribution in [0.2, 0.25) is 0 Å². The summed E-state index contributed by atoms with van der Waals surface area (Å²) in [4.78, 5) is 0. The lowest BCUT2D eigenvalue weighted by Crippen LogP contribution is -2.63. The van der Waals surface area contributed by atoms with Gasteiger partial charge in [0.1, 0.15) is 54.9 Å². The first-order chi connectivity index (χ1) is 31.5. The molecule has 7 aliphatic rings. The molecule has 15 nitrogen and oxygen atoms in total. The third kappa shape index (κ3) is 10.3. The molecule has 0 saturated carbocycles. The Kier molecular flexibility index (Phi) is 13.1. The zero-order valence-electron chi connectivity index (χ0n) is 39.2. The van der Waals surface area contributed by atoms with Crippen LogP contribution in [0.15, 0.2) is 91.0 Å². The topological polar surface area (TPSA) is 138 Å². The van der Waals surface area contributed by atoms with E-state index < -0.39 is 109 Å². The van der Waals surface area contributed by atoms with Gasteiger partial charge in [0.15, 0.2) is 41.5 Å². The Hall–Kier alpha value is -2.94. The third-order valence-electron chi connectivity index (χ3n) is 13.1. The van der Waals surface area contributed by atoms with Crippen molar-refractivity contribution in [1.82, 2.24) is 0 Å². The highest BCUT2D eigenvalue weighted by molar-refractivity contribution is 5.16. The summed E-state index contributed by atoms with van der Waals surface area (Å²) in [5.41, 5.74) is 3.05. The summed E-state index contributed by atoms with van der Waals surface area (Å²) in [6.45, 7) is 16.2. The molecule has 0 bridgehead atoms. The normalized spacial score (nSPS) is 39.2. The molecule has 3 aromatic rings. The van der Waals surface area contributed by atoms with Gasteiger partial charge in [-0.05, 0) is 72.1 Å². The SMILES string of the molecule is CC1(C)O[C@H]2[C@@H](O1)[C@@H](CO[C@]1(C[C@H]3O[C@@H]4OC(C)(C)O[C@@H]4[C@H]4OC(C)(C)O[C@H]43)C[C@@H](OCc3ccccc3)[C@@H](OCc3ccccc3)[C@@H](COCc3ccccc3)O1)O[C@@H]1OC(C)(C)O[C@@H]12. The van der Waals surface area contributed by atoms with Gasteiger partial charge in [-0.15, -0.1) is 0 Å². The average Bonchev–Trinajstić information content (AvgIpc) is 3.99. The fourth-order valence-electron chi connectivity index (χ4n) is 10.5. The van der Waals surface area contributed by atoms with Crippen LogP contribution in [0.3, 0.4) is 0 Å². The first-order valence-corrected chi connectivity index (χ1v) is 23.5. The molecular formula is C51H66O15. The predicted molar refractivity (Wildman–Crippen MR) is 234 cm³/mol. The van der Waals surface area contributed by atoms with Crippen LogP contribution >= 0.6 is 0 Å². The highest BCUT2D eigenvalue weighted by Gasteiger charge is 2.64. The number of benzene rings is 3. The molecule has 0 N–H and O–H groups in total. The number of ether oxygens (including phenoxy) is 15. The summed E-state index contributed by atoms with van der Waals surface area (Å²) >= 11 is 0. The highest BCUT2D eigenvalue weighted by atomic mass is 16.9. The maximum absolute atomic E-state index is 7.43. The minimum atomic E-state index is -1.42. The third-order valence-corrected chi connectivity index (χ3v) is 13.1. The molecule has 7 saturated heterocycles. The standard InChI is InChI=1S/C51H66O15/c1-47(2)59-39-35(56-45-43(41(39)61-47)63-49(5,6)65-45)25-51(55-30-36-40-42(62-48(3,4)60-40)44-46(57-36)66-50(7,8)64-44)24-34(53-27-32-20-14-10-15-21-32)38(54-28-33-22-16-11-17-23-33)37(58-51)29-52-26-31-18-12-9-13-19-31/h9-23,34-46H,24-30H2,1-8H3/t34-,35-,36-,37-,38-,39+,40+,41+,42+,43-,44-,45-,46-,51-/m1/s1. The van der Waals surface area contributed by atoms with Crippen LogP contribution in [0.5, 0.6) is 0 Å². The molecule has 0 unspecified atom stereocenters. The van der Waals surface area contributed by atoms with Gasteiger partial charge in [0.05, 0.1) is 45.2 Å². The molecule has 360 valence electrons. The monoisotopic (exact) mass is 918 g/mol. The van der Waals surface area contributed by atoms with Gasteiger partial charge in [-0.3, -0.25) is 0 Å². The Labute approximate surface area is 387 Å². The Morgan fingerprint density at radius 3 is 1.42 bits per heavy atom. The van der Waals surface area contributed by atoms with Gasteiger partial charge in [0.2, 0.25) is 0 Å². The van der Waals surface area contributed by atoms with E-state index >= 15 is 0 Å². The van der Waals surface area contributed by atoms with Crippen LogP contribution in [-0.2, 0) is 90.9 Å². The zero-order valence-corrected chi connectivity index (χ0v) is 39.2.